The topological polar surface area (TPSA) is 129 Å². The zero-order valence-electron chi connectivity index (χ0n) is 24.1. The van der Waals surface area contributed by atoms with Gasteiger partial charge >= 0.3 is 18.3 Å². The Bertz CT molecular complexity index is 1210. The van der Waals surface area contributed by atoms with Gasteiger partial charge in [0.2, 0.25) is 11.9 Å². The number of ether oxygens (including phenoxy) is 3. The van der Waals surface area contributed by atoms with E-state index >= 15 is 0 Å². The van der Waals surface area contributed by atoms with Gasteiger partial charge in [-0.2, -0.15) is 0 Å². The van der Waals surface area contributed by atoms with E-state index in [0.717, 1.165) is 17.4 Å². The molecular formula is C28H38N4O7. The predicted octanol–water partition coefficient (Wildman–Crippen LogP) is 6.36. The molecule has 1 saturated carbocycles. The maximum atomic E-state index is 13.5. The maximum absolute atomic E-state index is 13.5. The van der Waals surface area contributed by atoms with Gasteiger partial charge in [0, 0.05) is 17.2 Å². The summed E-state index contributed by atoms with van der Waals surface area (Å²) in [5.74, 6) is -0.337. The molecule has 1 aliphatic carbocycles. The van der Waals surface area contributed by atoms with E-state index in [2.05, 4.69) is 10.3 Å². The molecule has 1 aliphatic rings. The summed E-state index contributed by atoms with van der Waals surface area (Å²) in [6, 6.07) is 6.77. The number of imide groups is 1. The number of amides is 3. The smallest absolute Gasteiger partial charge is 0.427 e. The van der Waals surface area contributed by atoms with Gasteiger partial charge in [-0.3, -0.25) is 4.79 Å². The number of hydrogen-bond donors (Lipinski definition) is 1. The fraction of sp³-hybridized carbons (Fsp3) is 0.536. The van der Waals surface area contributed by atoms with Gasteiger partial charge < -0.3 is 19.5 Å². The molecule has 3 amide bonds. The first-order valence-corrected chi connectivity index (χ1v) is 12.8. The lowest BCUT2D eigenvalue weighted by Gasteiger charge is -2.28. The molecule has 3 rings (SSSR count). The summed E-state index contributed by atoms with van der Waals surface area (Å²) in [5, 5.41) is 2.86. The highest BCUT2D eigenvalue weighted by Gasteiger charge is 2.38. The second-order valence-corrected chi connectivity index (χ2v) is 12.4. The van der Waals surface area contributed by atoms with Gasteiger partial charge in [-0.05, 0) is 87.3 Å². The molecule has 11 heteroatoms. The SMILES string of the molecule is CC(C)(C)OC(=O)N(C(=O)OC(C)(C)C)c1ncc(-c2ccc(NC(=O)C3CC3)cc2)n1C(=O)OC(C)(C)C. The zero-order valence-corrected chi connectivity index (χ0v) is 24.1. The van der Waals surface area contributed by atoms with Crippen LogP contribution in [0.1, 0.15) is 75.2 Å². The van der Waals surface area contributed by atoms with Gasteiger partial charge in [-0.15, -0.1) is 4.90 Å². The van der Waals surface area contributed by atoms with Gasteiger partial charge in [0.15, 0.2) is 0 Å². The van der Waals surface area contributed by atoms with Crippen molar-refractivity contribution in [2.45, 2.75) is 92.0 Å². The summed E-state index contributed by atoms with van der Waals surface area (Å²) < 4.78 is 17.5. The Hall–Kier alpha value is -3.89. The van der Waals surface area contributed by atoms with Gasteiger partial charge in [-0.1, -0.05) is 12.1 Å². The normalized spacial score (nSPS) is 13.9. The van der Waals surface area contributed by atoms with Gasteiger partial charge in [0.1, 0.15) is 16.8 Å². The monoisotopic (exact) mass is 542 g/mol. The average Bonchev–Trinajstić information content (AvgIpc) is 3.51. The molecule has 0 spiro atoms. The molecule has 0 bridgehead atoms. The Balaban J connectivity index is 2.10. The second kappa shape index (κ2) is 10.7. The van der Waals surface area contributed by atoms with Crippen LogP contribution in [-0.4, -0.2) is 50.5 Å². The summed E-state index contributed by atoms with van der Waals surface area (Å²) in [4.78, 5) is 57.0. The number of anilines is 2. The molecule has 0 unspecified atom stereocenters. The molecular weight excluding hydrogens is 504 g/mol. The molecule has 1 aromatic heterocycles. The first-order valence-electron chi connectivity index (χ1n) is 12.8. The lowest BCUT2D eigenvalue weighted by molar-refractivity contribution is -0.117. The minimum atomic E-state index is -1.07. The molecule has 1 N–H and O–H groups in total. The third kappa shape index (κ3) is 8.30. The maximum Gasteiger partial charge on any atom is 0.427 e. The van der Waals surface area contributed by atoms with Crippen LogP contribution >= 0.6 is 0 Å². The minimum Gasteiger partial charge on any atom is -0.443 e. The number of nitrogens with zero attached hydrogens (tertiary/aromatic N) is 3. The number of aromatic nitrogens is 2. The number of benzene rings is 1. The fourth-order valence-electron chi connectivity index (χ4n) is 3.36. The van der Waals surface area contributed by atoms with Crippen LogP contribution in [-0.2, 0) is 19.0 Å². The van der Waals surface area contributed by atoms with Crippen molar-refractivity contribution >= 4 is 35.8 Å². The lowest BCUT2D eigenvalue weighted by atomic mass is 10.1. The third-order valence-corrected chi connectivity index (χ3v) is 5.07. The molecule has 0 radical (unpaired) electrons. The van der Waals surface area contributed by atoms with Crippen molar-refractivity contribution in [1.82, 2.24) is 9.55 Å². The Morgan fingerprint density at radius 2 is 1.31 bits per heavy atom. The lowest BCUT2D eigenvalue weighted by Crippen LogP contribution is -2.45. The van der Waals surface area contributed by atoms with Gasteiger partial charge in [0.25, 0.3) is 0 Å². The highest BCUT2D eigenvalue weighted by molar-refractivity contribution is 6.09. The average molecular weight is 543 g/mol. The Labute approximate surface area is 228 Å². The number of hydrogen-bond acceptors (Lipinski definition) is 8. The van der Waals surface area contributed by atoms with Crippen LogP contribution in [0.4, 0.5) is 26.0 Å². The predicted molar refractivity (Wildman–Crippen MR) is 146 cm³/mol. The Morgan fingerprint density at radius 3 is 1.74 bits per heavy atom. The zero-order chi connectivity index (χ0) is 29.3. The molecule has 1 aromatic carbocycles. The summed E-state index contributed by atoms with van der Waals surface area (Å²) in [5.41, 5.74) is -1.43. The number of imidazole rings is 1. The molecule has 2 aromatic rings. The van der Waals surface area contributed by atoms with Crippen LogP contribution in [0.25, 0.3) is 11.3 Å². The quantitative estimate of drug-likeness (QED) is 0.442. The Morgan fingerprint density at radius 1 is 0.821 bits per heavy atom. The molecule has 11 nitrogen and oxygen atoms in total. The van der Waals surface area contributed by atoms with E-state index in [-0.39, 0.29) is 23.5 Å². The van der Waals surface area contributed by atoms with Crippen LogP contribution in [0.3, 0.4) is 0 Å². The van der Waals surface area contributed by atoms with E-state index in [1.807, 2.05) is 0 Å². The van der Waals surface area contributed by atoms with Crippen molar-refractivity contribution in [3.8, 4) is 11.3 Å². The molecule has 212 valence electrons. The van der Waals surface area contributed by atoms with Crippen molar-refractivity contribution in [1.29, 1.82) is 0 Å². The highest BCUT2D eigenvalue weighted by Crippen LogP contribution is 2.32. The van der Waals surface area contributed by atoms with E-state index in [1.54, 1.807) is 86.6 Å². The molecule has 0 aliphatic heterocycles. The summed E-state index contributed by atoms with van der Waals surface area (Å²) in [6.07, 6.45) is 0.0989. The molecule has 39 heavy (non-hydrogen) atoms. The minimum absolute atomic E-state index is 0.0332. The summed E-state index contributed by atoms with van der Waals surface area (Å²) >= 11 is 0. The highest BCUT2D eigenvalue weighted by atomic mass is 16.6. The second-order valence-electron chi connectivity index (χ2n) is 12.4. The third-order valence-electron chi connectivity index (χ3n) is 5.07. The standard InChI is InChI=1S/C28H38N4O7/c1-26(2,3)37-23(34)31-20(17-12-14-19(15-13-17)30-21(33)18-10-11-18)16-29-22(31)32(24(35)38-27(4,5)6)25(36)39-28(7,8)9/h12-16,18H,10-11H2,1-9H3,(H,30,33). The first-order chi connectivity index (χ1) is 17.8. The molecule has 0 saturated heterocycles. The number of rotatable bonds is 4. The van der Waals surface area contributed by atoms with Crippen molar-refractivity contribution < 1.29 is 33.4 Å². The molecule has 0 atom stereocenters. The van der Waals surface area contributed by atoms with Crippen LogP contribution in [0, 0.1) is 5.92 Å². The number of carbonyl (C=O) groups excluding carboxylic acids is 4. The van der Waals surface area contributed by atoms with E-state index in [4.69, 9.17) is 14.2 Å². The number of carbonyl (C=O) groups is 4. The van der Waals surface area contributed by atoms with E-state index in [9.17, 15) is 19.2 Å². The first kappa shape index (κ1) is 29.7. The van der Waals surface area contributed by atoms with Crippen molar-refractivity contribution in [2.75, 3.05) is 10.2 Å². The van der Waals surface area contributed by atoms with E-state index in [0.29, 0.717) is 16.2 Å². The van der Waals surface area contributed by atoms with Crippen LogP contribution in [0.15, 0.2) is 30.5 Å². The van der Waals surface area contributed by atoms with Crippen LogP contribution < -0.4 is 10.2 Å². The van der Waals surface area contributed by atoms with Crippen LogP contribution in [0.5, 0.6) is 0 Å². The molecule has 1 fully saturated rings. The van der Waals surface area contributed by atoms with E-state index < -0.39 is 35.1 Å². The summed E-state index contributed by atoms with van der Waals surface area (Å²) in [7, 11) is 0. The van der Waals surface area contributed by atoms with Crippen molar-refractivity contribution in [3.63, 3.8) is 0 Å². The van der Waals surface area contributed by atoms with Gasteiger partial charge in [-0.25, -0.2) is 23.9 Å². The Kier molecular flexibility index (Phi) is 8.14. The van der Waals surface area contributed by atoms with Crippen molar-refractivity contribution in [2.24, 2.45) is 5.92 Å². The van der Waals surface area contributed by atoms with E-state index in [1.165, 1.54) is 6.20 Å². The molecule has 1 heterocycles. The fourth-order valence-corrected chi connectivity index (χ4v) is 3.36. The number of nitrogens with one attached hydrogen (secondary N) is 1. The largest absolute Gasteiger partial charge is 0.443 e. The summed E-state index contributed by atoms with van der Waals surface area (Å²) in [6.45, 7) is 15.0. The van der Waals surface area contributed by atoms with Gasteiger partial charge in [0.05, 0.1) is 11.9 Å². The van der Waals surface area contributed by atoms with Crippen LogP contribution in [0.2, 0.25) is 0 Å². The van der Waals surface area contributed by atoms with Crippen molar-refractivity contribution in [3.05, 3.63) is 30.5 Å².